The lowest BCUT2D eigenvalue weighted by Crippen LogP contribution is -2.50. The zero-order valence-corrected chi connectivity index (χ0v) is 18.6. The van der Waals surface area contributed by atoms with E-state index in [1.807, 2.05) is 0 Å². The lowest BCUT2D eigenvalue weighted by Gasteiger charge is -2.31. The number of hydrogen-bond donors (Lipinski definition) is 2. The molecule has 2 fully saturated rings. The molecule has 2 aliphatic carbocycles. The van der Waals surface area contributed by atoms with Gasteiger partial charge >= 0.3 is 0 Å². The standard InChI is InChI=1S/C18H26O11S2/c1-11(19)17(30(23,24)25)14(20)10-29-13-5-2-4-12(8-13)9-16(22)18(31(26,27)28)7-3-6-15(18)21/h12-13,17H,2-10H2,1H3,(H,23,24,25)(H,26,27,28). The lowest BCUT2D eigenvalue weighted by atomic mass is 9.81. The number of Topliss-reactive ketones (excluding diaryl/α,β-unsaturated/α-hetero) is 4. The van der Waals surface area contributed by atoms with E-state index in [0.717, 1.165) is 6.92 Å². The maximum absolute atomic E-state index is 12.8. The molecule has 4 atom stereocenters. The summed E-state index contributed by atoms with van der Waals surface area (Å²) in [6.07, 6.45) is 0.831. The fourth-order valence-electron chi connectivity index (χ4n) is 4.43. The normalized spacial score (nSPS) is 28.3. The van der Waals surface area contributed by atoms with E-state index in [1.165, 1.54) is 0 Å². The molecule has 2 rings (SSSR count). The Labute approximate surface area is 180 Å². The van der Waals surface area contributed by atoms with Crippen LogP contribution in [0.1, 0.15) is 58.3 Å². The minimum Gasteiger partial charge on any atom is -0.370 e. The quantitative estimate of drug-likeness (QED) is 0.322. The number of ether oxygens (including phenoxy) is 1. The van der Waals surface area contributed by atoms with E-state index in [9.17, 15) is 40.6 Å². The van der Waals surface area contributed by atoms with Gasteiger partial charge in [0.25, 0.3) is 20.2 Å². The Kier molecular flexibility index (Phi) is 7.90. The Bertz CT molecular complexity index is 966. The third kappa shape index (κ3) is 5.64. The Hall–Kier alpha value is -1.54. The Morgan fingerprint density at radius 1 is 1.13 bits per heavy atom. The van der Waals surface area contributed by atoms with Gasteiger partial charge in [0.15, 0.2) is 23.1 Å². The van der Waals surface area contributed by atoms with Gasteiger partial charge in [-0.3, -0.25) is 28.3 Å². The molecule has 13 heteroatoms. The van der Waals surface area contributed by atoms with E-state index < -0.39 is 66.1 Å². The van der Waals surface area contributed by atoms with Crippen molar-refractivity contribution in [1.29, 1.82) is 0 Å². The van der Waals surface area contributed by atoms with Gasteiger partial charge in [-0.1, -0.05) is 6.42 Å². The van der Waals surface area contributed by atoms with Crippen LogP contribution in [-0.4, -0.2) is 71.8 Å². The smallest absolute Gasteiger partial charge is 0.285 e. The summed E-state index contributed by atoms with van der Waals surface area (Å²) in [6.45, 7) is 0.122. The van der Waals surface area contributed by atoms with Crippen molar-refractivity contribution < 1.29 is 49.9 Å². The van der Waals surface area contributed by atoms with Crippen LogP contribution in [0.3, 0.4) is 0 Å². The summed E-state index contributed by atoms with van der Waals surface area (Å²) in [7, 11) is -9.83. The maximum atomic E-state index is 12.8. The predicted octanol–water partition coefficient (Wildman–Crippen LogP) is 0.315. The van der Waals surface area contributed by atoms with Crippen molar-refractivity contribution in [3.63, 3.8) is 0 Å². The summed E-state index contributed by atoms with van der Waals surface area (Å²) in [5.41, 5.74) is 0. The molecule has 2 aliphatic rings. The number of ketones is 4. The molecular weight excluding hydrogens is 456 g/mol. The Morgan fingerprint density at radius 3 is 2.26 bits per heavy atom. The summed E-state index contributed by atoms with van der Waals surface area (Å²) in [6, 6.07) is 0. The Morgan fingerprint density at radius 2 is 1.77 bits per heavy atom. The van der Waals surface area contributed by atoms with Crippen molar-refractivity contribution in [1.82, 2.24) is 0 Å². The van der Waals surface area contributed by atoms with E-state index in [0.29, 0.717) is 19.3 Å². The zero-order chi connectivity index (χ0) is 23.6. The Balaban J connectivity index is 2.01. The molecule has 0 aromatic heterocycles. The molecular formula is C18H26O11S2. The molecule has 4 unspecified atom stereocenters. The van der Waals surface area contributed by atoms with Crippen molar-refractivity contribution >= 4 is 43.4 Å². The molecule has 0 spiro atoms. The highest BCUT2D eigenvalue weighted by molar-refractivity contribution is 7.89. The summed E-state index contributed by atoms with van der Waals surface area (Å²) >= 11 is 0. The second-order valence-corrected chi connectivity index (χ2v) is 11.3. The average Bonchev–Trinajstić information content (AvgIpc) is 3.01. The topological polar surface area (TPSA) is 186 Å². The van der Waals surface area contributed by atoms with Crippen LogP contribution in [0.25, 0.3) is 0 Å². The van der Waals surface area contributed by atoms with Gasteiger partial charge in [0, 0.05) is 12.8 Å². The van der Waals surface area contributed by atoms with Crippen molar-refractivity contribution in [3.8, 4) is 0 Å². The molecule has 0 aromatic carbocycles. The average molecular weight is 483 g/mol. The summed E-state index contributed by atoms with van der Waals surface area (Å²) < 4.78 is 67.7. The number of carbonyl (C=O) groups excluding carboxylic acids is 4. The van der Waals surface area contributed by atoms with E-state index >= 15 is 0 Å². The van der Waals surface area contributed by atoms with Crippen molar-refractivity contribution in [3.05, 3.63) is 0 Å². The third-order valence-corrected chi connectivity index (χ3v) is 8.63. The van der Waals surface area contributed by atoms with Crippen LogP contribution in [0, 0.1) is 5.92 Å². The van der Waals surface area contributed by atoms with Crippen LogP contribution in [0.2, 0.25) is 0 Å². The van der Waals surface area contributed by atoms with E-state index in [1.54, 1.807) is 0 Å². The largest absolute Gasteiger partial charge is 0.370 e. The van der Waals surface area contributed by atoms with E-state index in [-0.39, 0.29) is 38.0 Å². The first-order valence-electron chi connectivity index (χ1n) is 9.85. The van der Waals surface area contributed by atoms with E-state index in [2.05, 4.69) is 0 Å². The van der Waals surface area contributed by atoms with Crippen molar-refractivity contribution in [2.75, 3.05) is 6.61 Å². The SMILES string of the molecule is CC(=O)C(C(=O)COC1CCCC(CC(=O)C2(S(=O)(=O)O)CCCC2=O)C1)S(=O)(=O)O. The fraction of sp³-hybridized carbons (Fsp3) is 0.778. The third-order valence-electron chi connectivity index (χ3n) is 5.90. The molecule has 0 heterocycles. The van der Waals surface area contributed by atoms with Gasteiger partial charge in [-0.25, -0.2) is 0 Å². The maximum Gasteiger partial charge on any atom is 0.285 e. The predicted molar refractivity (Wildman–Crippen MR) is 105 cm³/mol. The number of rotatable bonds is 10. The molecule has 0 amide bonds. The van der Waals surface area contributed by atoms with Crippen LogP contribution in [0.4, 0.5) is 0 Å². The van der Waals surface area contributed by atoms with Crippen LogP contribution in [0.15, 0.2) is 0 Å². The van der Waals surface area contributed by atoms with Gasteiger partial charge in [0.2, 0.25) is 10.00 Å². The van der Waals surface area contributed by atoms with Gasteiger partial charge < -0.3 is 4.74 Å². The van der Waals surface area contributed by atoms with Crippen LogP contribution in [-0.2, 0) is 44.2 Å². The zero-order valence-electron chi connectivity index (χ0n) is 17.0. The second-order valence-electron chi connectivity index (χ2n) is 8.14. The van der Waals surface area contributed by atoms with Gasteiger partial charge in [0.1, 0.15) is 6.61 Å². The summed E-state index contributed by atoms with van der Waals surface area (Å²) in [4.78, 5) is 48.3. The van der Waals surface area contributed by atoms with Crippen molar-refractivity contribution in [2.24, 2.45) is 5.92 Å². The highest BCUT2D eigenvalue weighted by Crippen LogP contribution is 2.38. The molecule has 0 aromatic rings. The molecule has 0 radical (unpaired) electrons. The molecule has 31 heavy (non-hydrogen) atoms. The second kappa shape index (κ2) is 9.53. The molecule has 0 saturated heterocycles. The van der Waals surface area contributed by atoms with Gasteiger partial charge in [-0.2, -0.15) is 16.8 Å². The minimum atomic E-state index is -4.92. The number of carbonyl (C=O) groups is 4. The molecule has 2 N–H and O–H groups in total. The monoisotopic (exact) mass is 482 g/mol. The highest BCUT2D eigenvalue weighted by Gasteiger charge is 2.58. The van der Waals surface area contributed by atoms with Crippen LogP contribution in [0.5, 0.6) is 0 Å². The van der Waals surface area contributed by atoms with E-state index in [4.69, 9.17) is 9.29 Å². The molecule has 11 nitrogen and oxygen atoms in total. The van der Waals surface area contributed by atoms with Gasteiger partial charge in [-0.05, 0) is 44.9 Å². The first-order valence-corrected chi connectivity index (χ1v) is 12.8. The van der Waals surface area contributed by atoms with Crippen molar-refractivity contribution in [2.45, 2.75) is 74.4 Å². The first-order chi connectivity index (χ1) is 14.2. The molecule has 0 aliphatic heterocycles. The summed E-state index contributed by atoms with van der Waals surface area (Å²) in [5, 5.41) is -2.23. The van der Waals surface area contributed by atoms with Crippen LogP contribution < -0.4 is 0 Å². The molecule has 0 bridgehead atoms. The highest BCUT2D eigenvalue weighted by atomic mass is 32.2. The fourth-order valence-corrected chi connectivity index (χ4v) is 6.42. The van der Waals surface area contributed by atoms with Crippen LogP contribution >= 0.6 is 0 Å². The molecule has 2 saturated carbocycles. The summed E-state index contributed by atoms with van der Waals surface area (Å²) in [5.74, 6) is -4.19. The van der Waals surface area contributed by atoms with Gasteiger partial charge in [0.05, 0.1) is 6.10 Å². The lowest BCUT2D eigenvalue weighted by molar-refractivity contribution is -0.133. The van der Waals surface area contributed by atoms with Gasteiger partial charge in [-0.15, -0.1) is 0 Å². The number of hydrogen-bond acceptors (Lipinski definition) is 9. The minimum absolute atomic E-state index is 0.102. The molecule has 176 valence electrons. The first kappa shape index (κ1) is 25.7.